The van der Waals surface area contributed by atoms with Crippen LogP contribution in [0.2, 0.25) is 0 Å². The van der Waals surface area contributed by atoms with Crippen molar-refractivity contribution in [3.63, 3.8) is 0 Å². The van der Waals surface area contributed by atoms with Crippen molar-refractivity contribution in [2.75, 3.05) is 12.4 Å². The second-order valence-electron chi connectivity index (χ2n) is 9.18. The third kappa shape index (κ3) is 5.26. The zero-order chi connectivity index (χ0) is 27.6. The highest BCUT2D eigenvalue weighted by atomic mass is 32.2. The highest BCUT2D eigenvalue weighted by Crippen LogP contribution is 2.42. The molecule has 2 aliphatic rings. The van der Waals surface area contributed by atoms with Crippen LogP contribution in [0.25, 0.3) is 6.08 Å². The quantitative estimate of drug-likeness (QED) is 0.253. The highest BCUT2D eigenvalue weighted by molar-refractivity contribution is 7.92. The third-order valence-corrected chi connectivity index (χ3v) is 8.35. The number of carbonyl (C=O) groups is 3. The molecule has 0 N–H and O–H groups in total. The number of nitrogens with zero attached hydrogens (tertiary/aromatic N) is 1. The molecule has 2 aliphatic heterocycles. The summed E-state index contributed by atoms with van der Waals surface area (Å²) in [5, 5.41) is -1.35. The molecular weight excluding hydrogens is 518 g/mol. The Morgan fingerprint density at radius 3 is 2.00 bits per heavy atom. The van der Waals surface area contributed by atoms with Crippen LogP contribution in [0.3, 0.4) is 0 Å². The Morgan fingerprint density at radius 1 is 0.923 bits per heavy atom. The van der Waals surface area contributed by atoms with Gasteiger partial charge in [-0.05, 0) is 22.8 Å². The number of hydrogen-bond donors (Lipinski definition) is 0. The zero-order valence-corrected chi connectivity index (χ0v) is 21.8. The highest BCUT2D eigenvalue weighted by Gasteiger charge is 2.57. The third-order valence-electron chi connectivity index (χ3n) is 6.45. The number of esters is 2. The molecule has 0 bridgehead atoms. The number of benzene rings is 3. The van der Waals surface area contributed by atoms with E-state index in [1.165, 1.54) is 13.0 Å². The van der Waals surface area contributed by atoms with Gasteiger partial charge in [0.25, 0.3) is 5.91 Å². The van der Waals surface area contributed by atoms with Crippen LogP contribution >= 0.6 is 0 Å². The lowest BCUT2D eigenvalue weighted by Crippen LogP contribution is -2.62. The number of carbonyl (C=O) groups excluding carboxylic acids is 3. The average molecular weight is 544 g/mol. The van der Waals surface area contributed by atoms with Gasteiger partial charge in [0, 0.05) is 12.5 Å². The van der Waals surface area contributed by atoms with Gasteiger partial charge in [-0.15, -0.1) is 0 Å². The maximum absolute atomic E-state index is 13.8. The first kappa shape index (κ1) is 26.1. The normalized spacial score (nSPS) is 18.9. The van der Waals surface area contributed by atoms with Crippen LogP contribution < -0.4 is 0 Å². The van der Waals surface area contributed by atoms with E-state index in [0.29, 0.717) is 16.7 Å². The molecule has 5 rings (SSSR count). The number of ether oxygens (including phenoxy) is 2. The van der Waals surface area contributed by atoms with Gasteiger partial charge >= 0.3 is 11.9 Å². The summed E-state index contributed by atoms with van der Waals surface area (Å²) in [6, 6.07) is 27.0. The van der Waals surface area contributed by atoms with Crippen molar-refractivity contribution >= 4 is 33.8 Å². The van der Waals surface area contributed by atoms with Crippen molar-refractivity contribution in [2.24, 2.45) is 0 Å². The summed E-state index contributed by atoms with van der Waals surface area (Å²) >= 11 is 0. The van der Waals surface area contributed by atoms with Gasteiger partial charge in [0.05, 0.1) is 11.3 Å². The number of amides is 1. The van der Waals surface area contributed by atoms with Crippen LogP contribution in [0.4, 0.5) is 0 Å². The maximum atomic E-state index is 13.8. The lowest BCUT2D eigenvalue weighted by Gasteiger charge is -2.46. The number of sulfone groups is 1. The standard InChI is InChI=1S/C30H25NO7S/c1-20(32)37-18-24-19-39(35,36)29-25(17-21-11-5-2-6-12-21)28(33)31(29)26(24)30(34)38-27(22-13-7-3-8-14-22)23-15-9-4-10-16-23/h2-17,27,29H,18-19H2,1H3/b25-17-. The maximum Gasteiger partial charge on any atom is 0.356 e. The predicted molar refractivity (Wildman–Crippen MR) is 143 cm³/mol. The fourth-order valence-electron chi connectivity index (χ4n) is 4.71. The summed E-state index contributed by atoms with van der Waals surface area (Å²) < 4.78 is 37.7. The molecule has 1 saturated heterocycles. The van der Waals surface area contributed by atoms with Gasteiger partial charge in [0.2, 0.25) is 0 Å². The van der Waals surface area contributed by atoms with Crippen molar-refractivity contribution in [1.82, 2.24) is 4.90 Å². The zero-order valence-electron chi connectivity index (χ0n) is 21.0. The monoisotopic (exact) mass is 543 g/mol. The molecule has 198 valence electrons. The smallest absolute Gasteiger partial charge is 0.356 e. The molecule has 39 heavy (non-hydrogen) atoms. The lowest BCUT2D eigenvalue weighted by molar-refractivity contribution is -0.149. The summed E-state index contributed by atoms with van der Waals surface area (Å²) in [7, 11) is -3.94. The Morgan fingerprint density at radius 2 is 1.46 bits per heavy atom. The minimum Gasteiger partial charge on any atom is -0.461 e. The van der Waals surface area contributed by atoms with Gasteiger partial charge in [-0.3, -0.25) is 14.5 Å². The van der Waals surface area contributed by atoms with E-state index < -0.39 is 51.5 Å². The molecule has 9 heteroatoms. The summed E-state index contributed by atoms with van der Waals surface area (Å²) in [4.78, 5) is 39.6. The van der Waals surface area contributed by atoms with E-state index >= 15 is 0 Å². The molecule has 3 aromatic rings. The van der Waals surface area contributed by atoms with Gasteiger partial charge < -0.3 is 9.47 Å². The Labute approximate surface area is 226 Å². The van der Waals surface area contributed by atoms with Crippen LogP contribution in [0, 0.1) is 0 Å². The molecule has 1 amide bonds. The molecule has 8 nitrogen and oxygen atoms in total. The van der Waals surface area contributed by atoms with Crippen molar-refractivity contribution in [3.05, 3.63) is 125 Å². The second-order valence-corrected chi connectivity index (χ2v) is 11.2. The fourth-order valence-corrected chi connectivity index (χ4v) is 6.65. The Balaban J connectivity index is 1.56. The van der Waals surface area contributed by atoms with Gasteiger partial charge in [-0.2, -0.15) is 0 Å². The first-order chi connectivity index (χ1) is 18.8. The van der Waals surface area contributed by atoms with E-state index in [2.05, 4.69) is 0 Å². The minimum absolute atomic E-state index is 0.0153. The van der Waals surface area contributed by atoms with Crippen molar-refractivity contribution in [2.45, 2.75) is 18.4 Å². The molecule has 1 unspecified atom stereocenters. The first-order valence-electron chi connectivity index (χ1n) is 12.2. The summed E-state index contributed by atoms with van der Waals surface area (Å²) in [6.07, 6.45) is 0.688. The molecule has 1 fully saturated rings. The summed E-state index contributed by atoms with van der Waals surface area (Å²) in [6.45, 7) is 0.712. The molecule has 0 radical (unpaired) electrons. The molecule has 0 aromatic heterocycles. The topological polar surface area (TPSA) is 107 Å². The molecular formula is C30H25NO7S. The van der Waals surface area contributed by atoms with Crippen molar-refractivity contribution in [3.8, 4) is 0 Å². The number of fused-ring (bicyclic) bond motifs is 1. The molecule has 3 aromatic carbocycles. The summed E-state index contributed by atoms with van der Waals surface area (Å²) in [5.74, 6) is -2.73. The van der Waals surface area contributed by atoms with E-state index in [0.717, 1.165) is 4.90 Å². The van der Waals surface area contributed by atoms with E-state index in [1.54, 1.807) is 24.3 Å². The van der Waals surface area contributed by atoms with Crippen LogP contribution in [-0.2, 0) is 33.7 Å². The van der Waals surface area contributed by atoms with E-state index in [1.807, 2.05) is 66.7 Å². The molecule has 2 heterocycles. The molecule has 1 atom stereocenters. The van der Waals surface area contributed by atoms with E-state index in [9.17, 15) is 22.8 Å². The first-order valence-corrected chi connectivity index (χ1v) is 14.0. The van der Waals surface area contributed by atoms with Gasteiger partial charge in [0.1, 0.15) is 12.3 Å². The van der Waals surface area contributed by atoms with Crippen molar-refractivity contribution < 1.29 is 32.3 Å². The molecule has 0 aliphatic carbocycles. The van der Waals surface area contributed by atoms with Crippen LogP contribution in [0.15, 0.2) is 108 Å². The molecule has 0 spiro atoms. The fraction of sp³-hybridized carbons (Fsp3) is 0.167. The van der Waals surface area contributed by atoms with Gasteiger partial charge in [0.15, 0.2) is 21.3 Å². The minimum atomic E-state index is -3.94. The Kier molecular flexibility index (Phi) is 7.17. The largest absolute Gasteiger partial charge is 0.461 e. The van der Waals surface area contributed by atoms with Crippen LogP contribution in [0.5, 0.6) is 0 Å². The second kappa shape index (κ2) is 10.7. The number of hydrogen-bond acceptors (Lipinski definition) is 7. The van der Waals surface area contributed by atoms with Gasteiger partial charge in [-0.1, -0.05) is 91.0 Å². The van der Waals surface area contributed by atoms with Crippen LogP contribution in [0.1, 0.15) is 29.7 Å². The Hall–Kier alpha value is -4.50. The summed E-state index contributed by atoms with van der Waals surface area (Å²) in [5.41, 5.74) is 1.86. The van der Waals surface area contributed by atoms with E-state index in [4.69, 9.17) is 9.47 Å². The average Bonchev–Trinajstić information content (AvgIpc) is 2.94. The van der Waals surface area contributed by atoms with E-state index in [-0.39, 0.29) is 16.8 Å². The van der Waals surface area contributed by atoms with Crippen molar-refractivity contribution in [1.29, 1.82) is 0 Å². The molecule has 0 saturated carbocycles. The van der Waals surface area contributed by atoms with Gasteiger partial charge in [-0.25, -0.2) is 13.2 Å². The Bertz CT molecular complexity index is 1540. The predicted octanol–water partition coefficient (Wildman–Crippen LogP) is 3.82. The SMILES string of the molecule is CC(=O)OCC1=C(C(=O)OC(c2ccccc2)c2ccccc2)N2C(=O)/C(=C/c3ccccc3)C2S(=O)(=O)C1. The number of rotatable bonds is 7. The lowest BCUT2D eigenvalue weighted by atomic mass is 9.99. The number of β-lactam (4-membered cyclic amide) rings is 1. The van der Waals surface area contributed by atoms with Crippen LogP contribution in [-0.4, -0.2) is 48.9 Å².